The first-order chi connectivity index (χ1) is 10.5. The van der Waals surface area contributed by atoms with Crippen molar-refractivity contribution in [1.82, 2.24) is 15.5 Å². The van der Waals surface area contributed by atoms with Crippen LogP contribution in [0, 0.1) is 5.92 Å². The monoisotopic (exact) mass is 358 g/mol. The summed E-state index contributed by atoms with van der Waals surface area (Å²) in [7, 11) is -1.98. The Morgan fingerprint density at radius 2 is 2.09 bits per heavy atom. The fraction of sp³-hybridized carbons (Fsp3) is 0.429. The number of nitrogens with one attached hydrogen (secondary N) is 2. The molecule has 3 rings (SSSR count). The summed E-state index contributed by atoms with van der Waals surface area (Å²) in [6.07, 6.45) is 0. The SMILES string of the molecule is CN(CC(=O)NCC1CNC1)C1=NS(=O)(=O)c2ccccc21.Cl. The van der Waals surface area contributed by atoms with Crippen molar-refractivity contribution in [1.29, 1.82) is 0 Å². The Hall–Kier alpha value is -1.64. The second-order valence-electron chi connectivity index (χ2n) is 5.57. The Morgan fingerprint density at radius 3 is 2.74 bits per heavy atom. The Kier molecular flexibility index (Phi) is 5.28. The van der Waals surface area contributed by atoms with Gasteiger partial charge >= 0.3 is 0 Å². The average Bonchev–Trinajstić information content (AvgIpc) is 2.70. The molecular weight excluding hydrogens is 340 g/mol. The summed E-state index contributed by atoms with van der Waals surface area (Å²) < 4.78 is 27.8. The van der Waals surface area contributed by atoms with Crippen molar-refractivity contribution in [3.63, 3.8) is 0 Å². The average molecular weight is 359 g/mol. The number of amides is 1. The lowest BCUT2D eigenvalue weighted by Crippen LogP contribution is -2.49. The molecule has 0 aromatic heterocycles. The van der Waals surface area contributed by atoms with Crippen LogP contribution in [0.25, 0.3) is 0 Å². The summed E-state index contributed by atoms with van der Waals surface area (Å²) in [4.78, 5) is 13.7. The molecule has 1 saturated heterocycles. The molecule has 0 spiro atoms. The van der Waals surface area contributed by atoms with Gasteiger partial charge in [0.2, 0.25) is 5.91 Å². The Morgan fingerprint density at radius 1 is 1.39 bits per heavy atom. The number of sulfonamides is 1. The number of carbonyl (C=O) groups excluding carboxylic acids is 1. The summed E-state index contributed by atoms with van der Waals surface area (Å²) in [6, 6.07) is 6.65. The van der Waals surface area contributed by atoms with E-state index in [1.165, 1.54) is 6.07 Å². The third-order valence-corrected chi connectivity index (χ3v) is 5.13. The molecule has 0 unspecified atom stereocenters. The maximum Gasteiger partial charge on any atom is 0.285 e. The predicted molar refractivity (Wildman–Crippen MR) is 89.4 cm³/mol. The fourth-order valence-corrected chi connectivity index (χ4v) is 3.71. The highest BCUT2D eigenvalue weighted by Crippen LogP contribution is 2.26. The molecule has 2 heterocycles. The molecule has 2 aliphatic heterocycles. The molecule has 23 heavy (non-hydrogen) atoms. The molecule has 2 N–H and O–H groups in total. The Bertz CT molecular complexity index is 731. The van der Waals surface area contributed by atoms with Crippen molar-refractivity contribution in [2.45, 2.75) is 4.90 Å². The van der Waals surface area contributed by atoms with Crippen LogP contribution in [-0.2, 0) is 14.8 Å². The molecule has 126 valence electrons. The molecule has 1 fully saturated rings. The fourth-order valence-electron chi connectivity index (χ4n) is 2.46. The van der Waals surface area contributed by atoms with Crippen molar-refractivity contribution >= 4 is 34.2 Å². The summed E-state index contributed by atoms with van der Waals surface area (Å²) >= 11 is 0. The van der Waals surface area contributed by atoms with Gasteiger partial charge in [-0.3, -0.25) is 4.79 Å². The van der Waals surface area contributed by atoms with E-state index in [1.807, 2.05) is 0 Å². The first kappa shape index (κ1) is 17.7. The highest BCUT2D eigenvalue weighted by atomic mass is 35.5. The third kappa shape index (κ3) is 3.65. The Labute approximate surface area is 141 Å². The van der Waals surface area contributed by atoms with E-state index >= 15 is 0 Å². The van der Waals surface area contributed by atoms with Gasteiger partial charge in [0, 0.05) is 38.2 Å². The van der Waals surface area contributed by atoms with E-state index in [0.717, 1.165) is 13.1 Å². The number of likely N-dealkylation sites (N-methyl/N-ethyl adjacent to an activating group) is 1. The van der Waals surface area contributed by atoms with Crippen molar-refractivity contribution < 1.29 is 13.2 Å². The van der Waals surface area contributed by atoms with Crippen LogP contribution in [0.1, 0.15) is 5.56 Å². The van der Waals surface area contributed by atoms with E-state index in [9.17, 15) is 13.2 Å². The smallest absolute Gasteiger partial charge is 0.285 e. The van der Waals surface area contributed by atoms with Gasteiger partial charge in [-0.25, -0.2) is 0 Å². The van der Waals surface area contributed by atoms with Crippen molar-refractivity contribution in [3.05, 3.63) is 29.8 Å². The van der Waals surface area contributed by atoms with Gasteiger partial charge in [0.25, 0.3) is 10.0 Å². The van der Waals surface area contributed by atoms with E-state index in [1.54, 1.807) is 30.1 Å². The quantitative estimate of drug-likeness (QED) is 0.779. The van der Waals surface area contributed by atoms with E-state index in [0.29, 0.717) is 23.9 Å². The molecule has 0 saturated carbocycles. The van der Waals surface area contributed by atoms with Crippen molar-refractivity contribution in [3.8, 4) is 0 Å². The van der Waals surface area contributed by atoms with Crippen LogP contribution in [0.3, 0.4) is 0 Å². The molecule has 2 aliphatic rings. The van der Waals surface area contributed by atoms with Gasteiger partial charge in [-0.2, -0.15) is 8.42 Å². The van der Waals surface area contributed by atoms with Gasteiger partial charge in [0.05, 0.1) is 6.54 Å². The standard InChI is InChI=1S/C14H18N4O3S.ClH/c1-18(9-13(19)16-8-10-6-15-7-10)14-11-4-2-3-5-12(11)22(20,21)17-14;/h2-5,10,15H,6-9H2,1H3,(H,16,19);1H. The molecule has 0 atom stereocenters. The number of carbonyl (C=O) groups is 1. The lowest BCUT2D eigenvalue weighted by Gasteiger charge is -2.27. The van der Waals surface area contributed by atoms with Crippen molar-refractivity contribution in [2.75, 3.05) is 33.2 Å². The first-order valence-electron chi connectivity index (χ1n) is 7.10. The first-order valence-corrected chi connectivity index (χ1v) is 8.54. The number of halogens is 1. The van der Waals surface area contributed by atoms with E-state index < -0.39 is 10.0 Å². The zero-order valence-electron chi connectivity index (χ0n) is 12.7. The second-order valence-corrected chi connectivity index (χ2v) is 7.14. The number of benzene rings is 1. The van der Waals surface area contributed by atoms with Gasteiger partial charge in [-0.1, -0.05) is 12.1 Å². The van der Waals surface area contributed by atoms with E-state index in [-0.39, 0.29) is 29.8 Å². The maximum absolute atomic E-state index is 12.0. The highest BCUT2D eigenvalue weighted by molar-refractivity contribution is 7.90. The number of hydrogen-bond acceptors (Lipinski definition) is 5. The summed E-state index contributed by atoms with van der Waals surface area (Å²) in [6.45, 7) is 2.56. The van der Waals surface area contributed by atoms with Gasteiger partial charge in [0.15, 0.2) is 5.84 Å². The number of nitrogens with zero attached hydrogens (tertiary/aromatic N) is 2. The molecular formula is C14H19ClN4O3S. The second kappa shape index (κ2) is 6.86. The topological polar surface area (TPSA) is 90.9 Å². The minimum atomic E-state index is -3.65. The van der Waals surface area contributed by atoms with Crippen LogP contribution in [0.15, 0.2) is 33.6 Å². The minimum Gasteiger partial charge on any atom is -0.354 e. The third-order valence-electron chi connectivity index (χ3n) is 3.81. The van der Waals surface area contributed by atoms with E-state index in [4.69, 9.17) is 0 Å². The molecule has 7 nitrogen and oxygen atoms in total. The van der Waals surface area contributed by atoms with Crippen LogP contribution in [0.5, 0.6) is 0 Å². The van der Waals surface area contributed by atoms with E-state index in [2.05, 4.69) is 15.0 Å². The lowest BCUT2D eigenvalue weighted by molar-refractivity contribution is -0.121. The summed E-state index contributed by atoms with van der Waals surface area (Å²) in [5, 5.41) is 6.00. The molecule has 0 radical (unpaired) electrons. The van der Waals surface area contributed by atoms with Gasteiger partial charge in [-0.05, 0) is 12.1 Å². The number of amidine groups is 1. The normalized spacial score (nSPS) is 18.2. The van der Waals surface area contributed by atoms with Crippen LogP contribution in [-0.4, -0.2) is 58.3 Å². The predicted octanol–water partition coefficient (Wildman–Crippen LogP) is -0.175. The number of rotatable bonds is 4. The molecule has 1 amide bonds. The minimum absolute atomic E-state index is 0. The molecule has 1 aromatic rings. The number of fused-ring (bicyclic) bond motifs is 1. The molecule has 9 heteroatoms. The lowest BCUT2D eigenvalue weighted by atomic mass is 10.0. The van der Waals surface area contributed by atoms with Crippen LogP contribution >= 0.6 is 12.4 Å². The zero-order valence-corrected chi connectivity index (χ0v) is 14.3. The number of hydrogen-bond donors (Lipinski definition) is 2. The van der Waals surface area contributed by atoms with Gasteiger partial charge in [-0.15, -0.1) is 16.8 Å². The summed E-state index contributed by atoms with van der Waals surface area (Å²) in [5.74, 6) is 0.661. The highest BCUT2D eigenvalue weighted by Gasteiger charge is 2.31. The molecule has 0 aliphatic carbocycles. The zero-order chi connectivity index (χ0) is 15.7. The van der Waals surface area contributed by atoms with Gasteiger partial charge < -0.3 is 15.5 Å². The van der Waals surface area contributed by atoms with Gasteiger partial charge in [0.1, 0.15) is 4.90 Å². The van der Waals surface area contributed by atoms with Crippen LogP contribution in [0.4, 0.5) is 0 Å². The van der Waals surface area contributed by atoms with Crippen LogP contribution in [0.2, 0.25) is 0 Å². The van der Waals surface area contributed by atoms with Crippen molar-refractivity contribution in [2.24, 2.45) is 10.3 Å². The Balaban J connectivity index is 0.00000192. The van der Waals surface area contributed by atoms with Crippen LogP contribution < -0.4 is 10.6 Å². The maximum atomic E-state index is 12.0. The largest absolute Gasteiger partial charge is 0.354 e. The summed E-state index contributed by atoms with van der Waals surface area (Å²) in [5.41, 5.74) is 0.543. The molecule has 0 bridgehead atoms. The molecule has 1 aromatic carbocycles.